The molecule has 1 aromatic heterocycles. The van der Waals surface area contributed by atoms with Crippen LogP contribution in [-0.4, -0.2) is 17.0 Å². The van der Waals surface area contributed by atoms with Gasteiger partial charge in [0.1, 0.15) is 11.5 Å². The number of rotatable bonds is 5. The van der Waals surface area contributed by atoms with Crippen LogP contribution in [0.25, 0.3) is 0 Å². The number of carboxylic acid groups (broad SMARTS) is 1. The molecule has 0 aliphatic carbocycles. The molecule has 7 nitrogen and oxygen atoms in total. The van der Waals surface area contributed by atoms with E-state index in [1.165, 1.54) is 48.7 Å². The van der Waals surface area contributed by atoms with E-state index in [-0.39, 0.29) is 17.1 Å². The molecule has 0 unspecified atom stereocenters. The predicted molar refractivity (Wildman–Crippen MR) is 104 cm³/mol. The highest BCUT2D eigenvalue weighted by atomic mass is 35.5. The third-order valence-corrected chi connectivity index (χ3v) is 4.15. The van der Waals surface area contributed by atoms with Gasteiger partial charge in [-0.1, -0.05) is 11.6 Å². The summed E-state index contributed by atoms with van der Waals surface area (Å²) in [7, 11) is 0. The molecule has 0 fully saturated rings. The minimum atomic E-state index is -4.66. The number of amides is 2. The fraction of sp³-hybridized carbons (Fsp3) is 0.0500. The summed E-state index contributed by atoms with van der Waals surface area (Å²) in [6, 6.07) is 10.9. The lowest BCUT2D eigenvalue weighted by atomic mass is 10.2. The Labute approximate surface area is 178 Å². The molecular formula is C20H12ClF3N3O4-. The van der Waals surface area contributed by atoms with Gasteiger partial charge in [0.15, 0.2) is 0 Å². The minimum Gasteiger partial charge on any atom is -0.543 e. The van der Waals surface area contributed by atoms with E-state index < -0.39 is 28.8 Å². The molecule has 31 heavy (non-hydrogen) atoms. The number of pyridine rings is 1. The van der Waals surface area contributed by atoms with E-state index in [1.54, 1.807) is 0 Å². The fourth-order valence-electron chi connectivity index (χ4n) is 2.44. The Morgan fingerprint density at radius 1 is 0.935 bits per heavy atom. The van der Waals surface area contributed by atoms with Crippen molar-refractivity contribution in [3.63, 3.8) is 0 Å². The number of urea groups is 1. The minimum absolute atomic E-state index is 0.0874. The molecule has 2 aromatic carbocycles. The molecule has 11 heteroatoms. The van der Waals surface area contributed by atoms with Gasteiger partial charge in [-0.2, -0.15) is 13.2 Å². The number of carbonyl (C=O) groups excluding carboxylic acids is 2. The summed E-state index contributed by atoms with van der Waals surface area (Å²) in [6.07, 6.45) is -3.40. The summed E-state index contributed by atoms with van der Waals surface area (Å²) in [5.41, 5.74) is -1.11. The Balaban J connectivity index is 1.63. The Hall–Kier alpha value is -3.79. The average molecular weight is 451 g/mol. The van der Waals surface area contributed by atoms with Crippen molar-refractivity contribution in [3.05, 3.63) is 77.1 Å². The first kappa shape index (κ1) is 21.9. The van der Waals surface area contributed by atoms with Gasteiger partial charge in [0.25, 0.3) is 0 Å². The van der Waals surface area contributed by atoms with Crippen molar-refractivity contribution in [1.29, 1.82) is 0 Å². The fourth-order valence-corrected chi connectivity index (χ4v) is 2.67. The van der Waals surface area contributed by atoms with Crippen LogP contribution in [0, 0.1) is 0 Å². The molecule has 0 saturated heterocycles. The summed E-state index contributed by atoms with van der Waals surface area (Å²) >= 11 is 5.55. The van der Waals surface area contributed by atoms with Gasteiger partial charge in [-0.05, 0) is 48.5 Å². The van der Waals surface area contributed by atoms with Crippen LogP contribution in [-0.2, 0) is 6.18 Å². The lowest BCUT2D eigenvalue weighted by Gasteiger charge is -2.12. The van der Waals surface area contributed by atoms with Gasteiger partial charge in [-0.3, -0.25) is 4.98 Å². The summed E-state index contributed by atoms with van der Waals surface area (Å²) in [5.74, 6) is -0.885. The second-order valence-corrected chi connectivity index (χ2v) is 6.47. The second-order valence-electron chi connectivity index (χ2n) is 6.06. The van der Waals surface area contributed by atoms with Gasteiger partial charge in [-0.15, -0.1) is 0 Å². The van der Waals surface area contributed by atoms with Gasteiger partial charge in [-0.25, -0.2) is 4.79 Å². The zero-order valence-corrected chi connectivity index (χ0v) is 16.1. The quantitative estimate of drug-likeness (QED) is 0.593. The number of alkyl halides is 3. The molecule has 3 rings (SSSR count). The molecule has 3 aromatic rings. The normalized spacial score (nSPS) is 11.0. The summed E-state index contributed by atoms with van der Waals surface area (Å²) in [5, 5.41) is 15.1. The number of carbonyl (C=O) groups is 2. The molecular weight excluding hydrogens is 439 g/mol. The monoisotopic (exact) mass is 450 g/mol. The Morgan fingerprint density at radius 3 is 2.23 bits per heavy atom. The molecule has 0 aliphatic heterocycles. The van der Waals surface area contributed by atoms with E-state index in [9.17, 15) is 27.9 Å². The number of benzene rings is 2. The number of ether oxygens (including phenoxy) is 1. The highest BCUT2D eigenvalue weighted by Gasteiger charge is 2.33. The maximum absolute atomic E-state index is 12.9. The molecule has 0 spiro atoms. The predicted octanol–water partition coefficient (Wildman–Crippen LogP) is 4.55. The first-order valence-electron chi connectivity index (χ1n) is 8.52. The molecule has 2 amide bonds. The lowest BCUT2D eigenvalue weighted by Crippen LogP contribution is -2.23. The Kier molecular flexibility index (Phi) is 6.30. The van der Waals surface area contributed by atoms with Gasteiger partial charge >= 0.3 is 12.2 Å². The average Bonchev–Trinajstić information content (AvgIpc) is 2.70. The Bertz CT molecular complexity index is 1120. The zero-order chi connectivity index (χ0) is 22.6. The molecule has 0 aliphatic rings. The summed E-state index contributed by atoms with van der Waals surface area (Å²) in [6.45, 7) is 0. The number of anilines is 2. The van der Waals surface area contributed by atoms with Crippen LogP contribution in [0.1, 0.15) is 16.1 Å². The van der Waals surface area contributed by atoms with Crippen LogP contribution < -0.4 is 20.5 Å². The van der Waals surface area contributed by atoms with Crippen LogP contribution in [0.15, 0.2) is 60.8 Å². The van der Waals surface area contributed by atoms with Crippen molar-refractivity contribution in [2.45, 2.75) is 6.18 Å². The maximum Gasteiger partial charge on any atom is 0.417 e. The summed E-state index contributed by atoms with van der Waals surface area (Å²) in [4.78, 5) is 26.5. The van der Waals surface area contributed by atoms with Crippen LogP contribution in [0.2, 0.25) is 5.02 Å². The van der Waals surface area contributed by atoms with Crippen LogP contribution in [0.3, 0.4) is 0 Å². The molecule has 0 radical (unpaired) electrons. The third-order valence-electron chi connectivity index (χ3n) is 3.82. The standard InChI is InChI=1S/C20H13ClF3N3O4/c21-16-6-3-12(9-15(16)20(22,23)24)27-19(30)26-11-1-4-13(5-2-11)31-14-7-8-25-17(10-14)18(28)29/h1-10H,(H,28,29)(H2,26,27,30)/p-1. The topological polar surface area (TPSA) is 103 Å². The molecule has 0 atom stereocenters. The zero-order valence-electron chi connectivity index (χ0n) is 15.4. The smallest absolute Gasteiger partial charge is 0.417 e. The Morgan fingerprint density at radius 2 is 1.58 bits per heavy atom. The lowest BCUT2D eigenvalue weighted by molar-refractivity contribution is -0.255. The highest BCUT2D eigenvalue weighted by molar-refractivity contribution is 6.31. The first-order chi connectivity index (χ1) is 14.6. The van der Waals surface area contributed by atoms with Crippen molar-refractivity contribution in [2.75, 3.05) is 10.6 Å². The number of halogens is 4. The number of carboxylic acids is 1. The molecule has 160 valence electrons. The number of hydrogen-bond acceptors (Lipinski definition) is 5. The van der Waals surface area contributed by atoms with Crippen molar-refractivity contribution in [3.8, 4) is 11.5 Å². The molecule has 0 bridgehead atoms. The first-order valence-corrected chi connectivity index (χ1v) is 8.90. The van der Waals surface area contributed by atoms with Crippen molar-refractivity contribution >= 4 is 35.0 Å². The van der Waals surface area contributed by atoms with Gasteiger partial charge in [0.05, 0.1) is 22.2 Å². The van der Waals surface area contributed by atoms with Crippen LogP contribution in [0.5, 0.6) is 11.5 Å². The number of nitrogens with zero attached hydrogens (tertiary/aromatic N) is 1. The molecule has 1 heterocycles. The van der Waals surface area contributed by atoms with E-state index in [1.807, 2.05) is 0 Å². The van der Waals surface area contributed by atoms with E-state index in [0.717, 1.165) is 12.1 Å². The van der Waals surface area contributed by atoms with E-state index in [2.05, 4.69) is 15.6 Å². The third kappa shape index (κ3) is 5.86. The highest BCUT2D eigenvalue weighted by Crippen LogP contribution is 2.36. The SMILES string of the molecule is O=C(Nc1ccc(Oc2ccnc(C(=O)[O-])c2)cc1)Nc1ccc(Cl)c(C(F)(F)F)c1. The number of hydrogen-bond donors (Lipinski definition) is 2. The van der Waals surface area contributed by atoms with Crippen molar-refractivity contribution in [1.82, 2.24) is 4.98 Å². The van der Waals surface area contributed by atoms with Gasteiger partial charge in [0, 0.05) is 23.6 Å². The van der Waals surface area contributed by atoms with E-state index in [4.69, 9.17) is 16.3 Å². The van der Waals surface area contributed by atoms with Gasteiger partial charge in [0.2, 0.25) is 0 Å². The largest absolute Gasteiger partial charge is 0.543 e. The number of aromatic nitrogens is 1. The number of aromatic carboxylic acids is 1. The molecule has 0 saturated carbocycles. The molecule has 2 N–H and O–H groups in total. The van der Waals surface area contributed by atoms with Gasteiger partial charge < -0.3 is 25.3 Å². The van der Waals surface area contributed by atoms with Crippen LogP contribution in [0.4, 0.5) is 29.3 Å². The second kappa shape index (κ2) is 8.92. The van der Waals surface area contributed by atoms with E-state index in [0.29, 0.717) is 11.4 Å². The van der Waals surface area contributed by atoms with E-state index >= 15 is 0 Å². The maximum atomic E-state index is 12.9. The van der Waals surface area contributed by atoms with Crippen LogP contribution >= 0.6 is 11.6 Å². The van der Waals surface area contributed by atoms with Crippen molar-refractivity contribution < 1.29 is 32.6 Å². The summed E-state index contributed by atoms with van der Waals surface area (Å²) < 4.78 is 44.2. The number of nitrogens with one attached hydrogen (secondary N) is 2. The van der Waals surface area contributed by atoms with Crippen molar-refractivity contribution in [2.24, 2.45) is 0 Å².